The SMILES string of the molecule is CCOC(=O)CBr.CCOC(=O)Cn1nnc(-c2ccccc2Cc2ccc(C(F)(F)F)cc2)n1.CS(=O)(=O)NC(=O)Cn1nnc(-c2ccccc2Cc2ccc(C(F)(F)F)cc2)n1.CS(=O)[O-].FC(F)(F)c1ccc(Cc2ccccc2-c2nn[nH]n2)cc1.N.O=C(O)Cn1nnc(-c2ccccc2Cc2ccc(C(F)(F)F)cc2)n1. The second-order valence-corrected chi connectivity index (χ2v) is 27.2. The number of aromatic nitrogens is 16. The van der Waals surface area contributed by atoms with E-state index in [1.54, 1.807) is 73.2 Å². The van der Waals surface area contributed by atoms with Crippen LogP contribution in [0.4, 0.5) is 52.7 Å². The zero-order valence-electron chi connectivity index (χ0n) is 62.2. The summed E-state index contributed by atoms with van der Waals surface area (Å²) in [6, 6.07) is 48.8. The number of nitrogens with one attached hydrogen (secondary N) is 2. The molecule has 0 spiro atoms. The Labute approximate surface area is 674 Å². The lowest BCUT2D eigenvalue weighted by atomic mass is 9.98. The van der Waals surface area contributed by atoms with Crippen molar-refractivity contribution in [1.29, 1.82) is 0 Å². The molecule has 0 saturated heterocycles. The Balaban J connectivity index is 0.000000234. The normalized spacial score (nSPS) is 11.5. The Bertz CT molecular complexity index is 5350. The Morgan fingerprint density at radius 2 is 0.746 bits per heavy atom. The van der Waals surface area contributed by atoms with Crippen molar-refractivity contribution in [2.24, 2.45) is 0 Å². The van der Waals surface area contributed by atoms with E-state index in [0.29, 0.717) is 77.1 Å². The van der Waals surface area contributed by atoms with Crippen molar-refractivity contribution in [3.63, 3.8) is 0 Å². The van der Waals surface area contributed by atoms with Crippen LogP contribution >= 0.6 is 15.9 Å². The summed E-state index contributed by atoms with van der Waals surface area (Å²) >= 11 is 1.08. The second kappa shape index (κ2) is 44.1. The van der Waals surface area contributed by atoms with Crippen molar-refractivity contribution >= 4 is 60.8 Å². The zero-order valence-corrected chi connectivity index (χ0v) is 65.4. The highest BCUT2D eigenvalue weighted by Gasteiger charge is 2.33. The molecule has 44 heteroatoms. The number of rotatable bonds is 22. The number of halogens is 13. The van der Waals surface area contributed by atoms with Crippen LogP contribution in [0, 0.1) is 0 Å². The van der Waals surface area contributed by atoms with E-state index in [0.717, 1.165) is 114 Å². The van der Waals surface area contributed by atoms with Gasteiger partial charge in [-0.2, -0.15) is 72.3 Å². The van der Waals surface area contributed by atoms with E-state index in [1.165, 1.54) is 48.5 Å². The number of carbonyl (C=O) groups excluding carboxylic acids is 3. The van der Waals surface area contributed by atoms with Crippen molar-refractivity contribution in [2.75, 3.05) is 31.1 Å². The first-order valence-electron chi connectivity index (χ1n) is 33.9. The number of benzene rings is 8. The molecule has 1 atom stereocenters. The number of aliphatic carboxylic acids is 1. The molecule has 0 aliphatic carbocycles. The number of nitrogens with zero attached hydrogens (tertiary/aromatic N) is 15. The van der Waals surface area contributed by atoms with Crippen LogP contribution in [0.15, 0.2) is 194 Å². The van der Waals surface area contributed by atoms with Gasteiger partial charge in [-0.1, -0.05) is 173 Å². The largest absolute Gasteiger partial charge is 0.773 e. The summed E-state index contributed by atoms with van der Waals surface area (Å²) in [6.07, 6.45) is -13.9. The predicted octanol–water partition coefficient (Wildman–Crippen LogP) is 12.7. The van der Waals surface area contributed by atoms with Crippen LogP contribution in [-0.4, -0.2) is 158 Å². The molecule has 4 heterocycles. The number of alkyl halides is 13. The number of amides is 1. The van der Waals surface area contributed by atoms with Crippen molar-refractivity contribution in [3.8, 4) is 45.6 Å². The average Bonchev–Trinajstić information content (AvgIpc) is 1.52. The van der Waals surface area contributed by atoms with Gasteiger partial charge in [-0.3, -0.25) is 23.3 Å². The van der Waals surface area contributed by atoms with Gasteiger partial charge in [0.25, 0.3) is 5.91 Å². The number of carbonyl (C=O) groups is 4. The van der Waals surface area contributed by atoms with Gasteiger partial charge in [0.2, 0.25) is 33.3 Å². The molecule has 0 fully saturated rings. The van der Waals surface area contributed by atoms with Crippen LogP contribution in [0.25, 0.3) is 45.6 Å². The maximum Gasteiger partial charge on any atom is 0.416 e. The molecular weight excluding hydrogens is 1690 g/mol. The Morgan fingerprint density at radius 3 is 1.00 bits per heavy atom. The van der Waals surface area contributed by atoms with Crippen molar-refractivity contribution in [2.45, 2.75) is 83.9 Å². The number of aromatic amines is 1. The fourth-order valence-corrected chi connectivity index (χ4v) is 10.9. The smallest absolute Gasteiger partial charge is 0.416 e. The summed E-state index contributed by atoms with van der Waals surface area (Å²) in [5.74, 6) is -1.34. The first-order chi connectivity index (χ1) is 55.3. The molecule has 0 saturated carbocycles. The van der Waals surface area contributed by atoms with Crippen LogP contribution in [0.5, 0.6) is 0 Å². The van der Waals surface area contributed by atoms with E-state index in [9.17, 15) is 80.3 Å². The molecule has 0 aliphatic rings. The lowest BCUT2D eigenvalue weighted by molar-refractivity contribution is -0.144. The van der Waals surface area contributed by atoms with Gasteiger partial charge in [-0.05, 0) is 160 Å². The van der Waals surface area contributed by atoms with Gasteiger partial charge in [0.15, 0.2) is 13.1 Å². The maximum atomic E-state index is 12.7. The number of sulfonamides is 1. The fraction of sp³-hybridized carbons (Fsp3) is 0.243. The first kappa shape index (κ1) is 94.4. The maximum absolute atomic E-state index is 12.7. The molecule has 1 unspecified atom stereocenters. The van der Waals surface area contributed by atoms with Gasteiger partial charge < -0.3 is 25.3 Å². The second-order valence-electron chi connectivity index (χ2n) is 24.1. The van der Waals surface area contributed by atoms with E-state index in [1.807, 2.05) is 42.5 Å². The van der Waals surface area contributed by atoms with E-state index in [4.69, 9.17) is 18.6 Å². The quantitative estimate of drug-likeness (QED) is 0.0212. The molecule has 4 aromatic heterocycles. The number of H-pyrrole nitrogens is 1. The lowest BCUT2D eigenvalue weighted by Crippen LogP contribution is -2.33. The molecule has 29 nitrogen and oxygen atoms in total. The van der Waals surface area contributed by atoms with Crippen LogP contribution in [-0.2, 0) is 120 Å². The molecule has 626 valence electrons. The van der Waals surface area contributed by atoms with Crippen molar-refractivity contribution in [3.05, 3.63) is 261 Å². The highest BCUT2D eigenvalue weighted by molar-refractivity contribution is 9.09. The molecule has 8 aromatic carbocycles. The standard InChI is InChI=1S/C19H17F3N4O2.C18H16F3N5O3S.C17H13F3N4O2.C15H11F3N4.C4H7BrO2.CH4O2S.H3N/c1-2-28-17(27)12-26-24-18(23-25-26)16-6-4-3-5-14(16)11-13-7-9-15(10-8-13)19(20,21)22;1-30(28,29)24-16(27)11-26-23-17(22-25-26)15-5-3-2-4-13(15)10-12-6-8-14(9-7-12)18(19,20)21;18-17(19,20)13-7-5-11(6-8-13)9-12-3-1-2-4-14(12)16-21-23-24(22-16)10-15(25)26;16-15(17,18)12-7-5-10(6-8-12)9-11-3-1-2-4-13(11)14-19-21-22-20-14;1-2-7-4(6)3-5;1-4(2)3;/h3-10H,2,11-12H2,1H3;2-9H,10-11H2,1H3,(H,24,27);1-8H,9-10H2,(H,25,26);1-8H,9H2,(H,19,20,21,22);2-3H2,1H3;1H3,(H,2,3);1H3/p-1. The van der Waals surface area contributed by atoms with Crippen molar-refractivity contribution < 1.29 is 104 Å². The van der Waals surface area contributed by atoms with Gasteiger partial charge in [-0.25, -0.2) is 13.2 Å². The van der Waals surface area contributed by atoms with E-state index in [2.05, 4.69) is 87.5 Å². The average molecular weight is 1760 g/mol. The monoisotopic (exact) mass is 1760 g/mol. The number of hydrogen-bond donors (Lipinski definition) is 4. The minimum Gasteiger partial charge on any atom is -0.773 e. The summed E-state index contributed by atoms with van der Waals surface area (Å²) in [7, 11) is -3.70. The molecular formula is C74H70BrF12N18O11S2-. The highest BCUT2D eigenvalue weighted by Crippen LogP contribution is 2.35. The Kier molecular flexibility index (Phi) is 35.3. The minimum absolute atomic E-state index is 0. The highest BCUT2D eigenvalue weighted by atomic mass is 79.9. The Hall–Kier alpha value is -12.4. The number of ether oxygens (including phenoxy) is 2. The van der Waals surface area contributed by atoms with Crippen molar-refractivity contribution in [1.82, 2.24) is 92.1 Å². The third kappa shape index (κ3) is 31.3. The molecule has 1 amide bonds. The van der Waals surface area contributed by atoms with Gasteiger partial charge in [0.05, 0.1) is 41.7 Å². The molecule has 12 aromatic rings. The van der Waals surface area contributed by atoms with Gasteiger partial charge in [0.1, 0.15) is 11.9 Å². The summed E-state index contributed by atoms with van der Waals surface area (Å²) < 4.78 is 203. The van der Waals surface area contributed by atoms with Crippen LogP contribution in [0.1, 0.15) is 80.6 Å². The summed E-state index contributed by atoms with van der Waals surface area (Å²) in [4.78, 5) is 47.1. The Morgan fingerprint density at radius 1 is 0.466 bits per heavy atom. The molecule has 0 aliphatic heterocycles. The first-order valence-corrected chi connectivity index (χ1v) is 38.4. The molecule has 0 bridgehead atoms. The third-order valence-corrected chi connectivity index (χ3v) is 16.3. The number of tetrazole rings is 4. The summed E-state index contributed by atoms with van der Waals surface area (Å²) in [6.45, 7) is 3.20. The van der Waals surface area contributed by atoms with E-state index >= 15 is 0 Å². The molecule has 118 heavy (non-hydrogen) atoms. The molecule has 12 rings (SSSR count). The third-order valence-electron chi connectivity index (χ3n) is 15.3. The van der Waals surface area contributed by atoms with Crippen LogP contribution in [0.3, 0.4) is 0 Å². The van der Waals surface area contributed by atoms with Gasteiger partial charge >= 0.3 is 42.6 Å². The lowest BCUT2D eigenvalue weighted by Gasteiger charge is -2.09. The fourth-order valence-electron chi connectivity index (χ4n) is 10.2. The van der Waals surface area contributed by atoms with E-state index < -0.39 is 99.0 Å². The minimum atomic E-state index is -4.40. The number of esters is 2. The van der Waals surface area contributed by atoms with Crippen LogP contribution < -0.4 is 10.9 Å². The number of carboxylic acid groups (broad SMARTS) is 1. The predicted molar refractivity (Wildman–Crippen MR) is 404 cm³/mol. The topological polar surface area (TPSA) is 414 Å². The van der Waals surface area contributed by atoms with E-state index in [-0.39, 0.29) is 36.9 Å². The van der Waals surface area contributed by atoms with Crippen LogP contribution in [0.2, 0.25) is 0 Å². The summed E-state index contributed by atoms with van der Waals surface area (Å²) in [5, 5.41) is 58.2. The van der Waals surface area contributed by atoms with Gasteiger partial charge in [0, 0.05) is 22.3 Å². The molecule has 6 N–H and O–H groups in total. The van der Waals surface area contributed by atoms with Gasteiger partial charge in [-0.15, -0.1) is 40.8 Å². The zero-order chi connectivity index (χ0) is 85.7. The molecule has 0 radical (unpaired) electrons. The number of hydrogen-bond acceptors (Lipinski definition) is 23. The number of carboxylic acids is 1. The summed E-state index contributed by atoms with van der Waals surface area (Å²) in [5.41, 5.74) is 6.12.